The number of rotatable bonds is 5. The molecule has 11 heteroatoms. The summed E-state index contributed by atoms with van der Waals surface area (Å²) in [7, 11) is 1.77. The Morgan fingerprint density at radius 1 is 1.21 bits per heavy atom. The summed E-state index contributed by atoms with van der Waals surface area (Å²) < 4.78 is 9.00. The fraction of sp³-hybridized carbons (Fsp3) is 0.333. The van der Waals surface area contributed by atoms with E-state index in [0.717, 1.165) is 0 Å². The van der Waals surface area contributed by atoms with Gasteiger partial charge in [-0.25, -0.2) is 9.48 Å². The lowest BCUT2D eigenvalue weighted by molar-refractivity contribution is -0.0301. The van der Waals surface area contributed by atoms with E-state index in [0.29, 0.717) is 43.2 Å². The molecule has 0 aliphatic carbocycles. The monoisotopic (exact) mass is 397 g/mol. The molecule has 1 fully saturated rings. The maximum Gasteiger partial charge on any atom is 0.337 e. The summed E-state index contributed by atoms with van der Waals surface area (Å²) in [5.74, 6) is -1.11. The van der Waals surface area contributed by atoms with Crippen molar-refractivity contribution < 1.29 is 19.4 Å². The van der Waals surface area contributed by atoms with E-state index in [4.69, 9.17) is 9.84 Å². The number of aromatic nitrogens is 6. The lowest BCUT2D eigenvalue weighted by atomic mass is 10.2. The number of ether oxygens (including phenoxy) is 1. The van der Waals surface area contributed by atoms with Gasteiger partial charge in [-0.2, -0.15) is 5.10 Å². The number of carboxylic acids is 1. The van der Waals surface area contributed by atoms with Gasteiger partial charge in [-0.3, -0.25) is 14.5 Å². The normalized spacial score (nSPS) is 16.7. The number of carbonyl (C=O) groups is 2. The highest BCUT2D eigenvalue weighted by atomic mass is 16.5. The topological polar surface area (TPSA) is 128 Å². The number of carboxylic acid groups (broad SMARTS) is 1. The molecule has 1 amide bonds. The summed E-state index contributed by atoms with van der Waals surface area (Å²) in [5.41, 5.74) is 1.71. The second-order valence-corrected chi connectivity index (χ2v) is 6.71. The molecular weight excluding hydrogens is 378 g/mol. The molecule has 0 radical (unpaired) electrons. The standard InChI is InChI=1S/C18H19N7O4/c1-23-8-13(7-20-23)17(26)24-4-5-29-14(9-24)10-25-11-16(21-22-25)15-3-2-12(6-19-15)18(27)28/h2-3,6-8,11,14H,4-5,9-10H2,1H3,(H,27,28). The largest absolute Gasteiger partial charge is 0.478 e. The van der Waals surface area contributed by atoms with Crippen LogP contribution in [0.3, 0.4) is 0 Å². The molecule has 29 heavy (non-hydrogen) atoms. The summed E-state index contributed by atoms with van der Waals surface area (Å²) in [6.07, 6.45) is 6.02. The van der Waals surface area contributed by atoms with Gasteiger partial charge in [-0.1, -0.05) is 5.21 Å². The number of aromatic carboxylic acids is 1. The van der Waals surface area contributed by atoms with Gasteiger partial charge < -0.3 is 14.7 Å². The first-order valence-corrected chi connectivity index (χ1v) is 8.99. The van der Waals surface area contributed by atoms with Gasteiger partial charge in [0, 0.05) is 32.5 Å². The van der Waals surface area contributed by atoms with Crippen molar-refractivity contribution >= 4 is 11.9 Å². The first-order chi connectivity index (χ1) is 14.0. The van der Waals surface area contributed by atoms with E-state index in [1.54, 1.807) is 46.0 Å². The predicted molar refractivity (Wildman–Crippen MR) is 99.1 cm³/mol. The summed E-state index contributed by atoms with van der Waals surface area (Å²) in [4.78, 5) is 29.4. The van der Waals surface area contributed by atoms with Gasteiger partial charge in [0.25, 0.3) is 5.91 Å². The lowest BCUT2D eigenvalue weighted by Crippen LogP contribution is -2.47. The number of morpholine rings is 1. The molecule has 0 bridgehead atoms. The van der Waals surface area contributed by atoms with E-state index < -0.39 is 5.97 Å². The Balaban J connectivity index is 1.40. The smallest absolute Gasteiger partial charge is 0.337 e. The van der Waals surface area contributed by atoms with Crippen LogP contribution in [0.1, 0.15) is 20.7 Å². The number of amides is 1. The average molecular weight is 397 g/mol. The number of hydrogen-bond acceptors (Lipinski definition) is 7. The molecule has 1 saturated heterocycles. The van der Waals surface area contributed by atoms with Gasteiger partial charge >= 0.3 is 5.97 Å². The Hall–Kier alpha value is -3.60. The molecule has 3 aromatic heterocycles. The Morgan fingerprint density at radius 3 is 2.76 bits per heavy atom. The van der Waals surface area contributed by atoms with Crippen molar-refractivity contribution in [1.82, 2.24) is 34.7 Å². The first kappa shape index (κ1) is 18.7. The fourth-order valence-electron chi connectivity index (χ4n) is 3.11. The molecule has 4 heterocycles. The molecule has 4 rings (SSSR count). The summed E-state index contributed by atoms with van der Waals surface area (Å²) in [6.45, 7) is 1.83. The second kappa shape index (κ2) is 7.80. The highest BCUT2D eigenvalue weighted by molar-refractivity contribution is 5.93. The van der Waals surface area contributed by atoms with Crippen LogP contribution in [0.15, 0.2) is 36.9 Å². The van der Waals surface area contributed by atoms with Crippen molar-refractivity contribution in [3.63, 3.8) is 0 Å². The van der Waals surface area contributed by atoms with Gasteiger partial charge in [0.05, 0.1) is 48.5 Å². The number of nitrogens with zero attached hydrogens (tertiary/aromatic N) is 7. The van der Waals surface area contributed by atoms with Gasteiger partial charge in [0.1, 0.15) is 5.69 Å². The van der Waals surface area contributed by atoms with E-state index in [2.05, 4.69) is 20.4 Å². The Labute approximate surface area is 165 Å². The third-order valence-electron chi connectivity index (χ3n) is 4.58. The van der Waals surface area contributed by atoms with Crippen LogP contribution in [0.4, 0.5) is 0 Å². The van der Waals surface area contributed by atoms with E-state index in [1.807, 2.05) is 0 Å². The highest BCUT2D eigenvalue weighted by Crippen LogP contribution is 2.15. The molecule has 150 valence electrons. The molecular formula is C18H19N7O4. The minimum absolute atomic E-state index is 0.0756. The average Bonchev–Trinajstić information content (AvgIpc) is 3.37. The van der Waals surface area contributed by atoms with E-state index in [1.165, 1.54) is 12.3 Å². The van der Waals surface area contributed by atoms with Crippen molar-refractivity contribution in [3.8, 4) is 11.4 Å². The van der Waals surface area contributed by atoms with Crippen LogP contribution in [0.5, 0.6) is 0 Å². The summed E-state index contributed by atoms with van der Waals surface area (Å²) >= 11 is 0. The van der Waals surface area contributed by atoms with Gasteiger partial charge in [-0.05, 0) is 12.1 Å². The van der Waals surface area contributed by atoms with Gasteiger partial charge in [0.15, 0.2) is 0 Å². The Morgan fingerprint density at radius 2 is 2.07 bits per heavy atom. The molecule has 1 atom stereocenters. The van der Waals surface area contributed by atoms with Crippen LogP contribution in [0.2, 0.25) is 0 Å². The number of pyridine rings is 1. The Bertz CT molecular complexity index is 1030. The van der Waals surface area contributed by atoms with Crippen molar-refractivity contribution in [2.75, 3.05) is 19.7 Å². The fourth-order valence-corrected chi connectivity index (χ4v) is 3.11. The van der Waals surface area contributed by atoms with Crippen LogP contribution >= 0.6 is 0 Å². The molecule has 3 aromatic rings. The summed E-state index contributed by atoms with van der Waals surface area (Å²) in [6, 6.07) is 3.05. The maximum absolute atomic E-state index is 12.6. The minimum atomic E-state index is -1.03. The third-order valence-corrected chi connectivity index (χ3v) is 4.58. The van der Waals surface area contributed by atoms with Crippen LogP contribution in [-0.2, 0) is 18.3 Å². The lowest BCUT2D eigenvalue weighted by Gasteiger charge is -2.32. The second-order valence-electron chi connectivity index (χ2n) is 6.71. The third kappa shape index (κ3) is 4.14. The molecule has 0 aromatic carbocycles. The molecule has 0 saturated carbocycles. The van der Waals surface area contributed by atoms with E-state index >= 15 is 0 Å². The van der Waals surface area contributed by atoms with Crippen LogP contribution in [0, 0.1) is 0 Å². The SMILES string of the molecule is Cn1cc(C(=O)N2CCOC(Cn3cc(-c4ccc(C(=O)O)cn4)nn3)C2)cn1. The number of aryl methyl sites for hydroxylation is 1. The van der Waals surface area contributed by atoms with Gasteiger partial charge in [-0.15, -0.1) is 5.10 Å². The molecule has 0 spiro atoms. The predicted octanol–water partition coefficient (Wildman–Crippen LogP) is 0.313. The maximum atomic E-state index is 12.6. The van der Waals surface area contributed by atoms with Crippen LogP contribution in [0.25, 0.3) is 11.4 Å². The Kier molecular flexibility index (Phi) is 5.04. The highest BCUT2D eigenvalue weighted by Gasteiger charge is 2.26. The van der Waals surface area contributed by atoms with Crippen LogP contribution in [-0.4, -0.2) is 77.4 Å². The quantitative estimate of drug-likeness (QED) is 0.652. The molecule has 1 aliphatic rings. The zero-order valence-corrected chi connectivity index (χ0v) is 15.7. The van der Waals surface area contributed by atoms with E-state index in [9.17, 15) is 9.59 Å². The molecule has 1 unspecified atom stereocenters. The number of carbonyl (C=O) groups excluding carboxylic acids is 1. The zero-order chi connectivity index (χ0) is 20.4. The van der Waals surface area contributed by atoms with Crippen molar-refractivity contribution in [1.29, 1.82) is 0 Å². The summed E-state index contributed by atoms with van der Waals surface area (Å²) in [5, 5.41) is 21.2. The molecule has 1 aliphatic heterocycles. The van der Waals surface area contributed by atoms with Crippen molar-refractivity contribution in [3.05, 3.63) is 48.0 Å². The minimum Gasteiger partial charge on any atom is -0.478 e. The zero-order valence-electron chi connectivity index (χ0n) is 15.7. The molecule has 1 N–H and O–H groups in total. The van der Waals surface area contributed by atoms with Crippen molar-refractivity contribution in [2.24, 2.45) is 7.05 Å². The molecule has 11 nitrogen and oxygen atoms in total. The van der Waals surface area contributed by atoms with E-state index in [-0.39, 0.29) is 17.6 Å². The first-order valence-electron chi connectivity index (χ1n) is 8.99. The number of hydrogen-bond donors (Lipinski definition) is 1. The van der Waals surface area contributed by atoms with Crippen LogP contribution < -0.4 is 0 Å². The van der Waals surface area contributed by atoms with Gasteiger partial charge in [0.2, 0.25) is 0 Å². The van der Waals surface area contributed by atoms with Crippen molar-refractivity contribution in [2.45, 2.75) is 12.6 Å².